The summed E-state index contributed by atoms with van der Waals surface area (Å²) < 4.78 is 15.6. The van der Waals surface area contributed by atoms with Crippen LogP contribution in [0.4, 0.5) is 0 Å². The normalized spacial score (nSPS) is 13.1. The van der Waals surface area contributed by atoms with E-state index in [-0.39, 0.29) is 0 Å². The average molecular weight is 290 g/mol. The van der Waals surface area contributed by atoms with Gasteiger partial charge in [0.2, 0.25) is 0 Å². The first kappa shape index (κ1) is 19.8. The first-order valence-electron chi connectivity index (χ1n) is 7.76. The molecule has 0 aliphatic carbocycles. The van der Waals surface area contributed by atoms with E-state index >= 15 is 0 Å². The van der Waals surface area contributed by atoms with E-state index in [1.54, 1.807) is 14.2 Å². The minimum Gasteiger partial charge on any atom is -0.385 e. The summed E-state index contributed by atoms with van der Waals surface area (Å²) in [7, 11) is 3.51. The third kappa shape index (κ3) is 11.6. The summed E-state index contributed by atoms with van der Waals surface area (Å²) in [5.74, 6) is 0. The zero-order valence-corrected chi connectivity index (χ0v) is 13.8. The van der Waals surface area contributed by atoms with E-state index in [1.807, 2.05) is 6.92 Å². The molecule has 0 aliphatic heterocycles. The molecule has 0 saturated carbocycles. The van der Waals surface area contributed by atoms with Gasteiger partial charge in [0, 0.05) is 59.7 Å². The Morgan fingerprint density at radius 1 is 1.00 bits per heavy atom. The molecule has 0 rings (SSSR count). The van der Waals surface area contributed by atoms with Crippen LogP contribution in [0.5, 0.6) is 0 Å². The predicted octanol–water partition coefficient (Wildman–Crippen LogP) is 1.38. The number of nitrogens with zero attached hydrogens (tertiary/aromatic N) is 1. The maximum Gasteiger partial charge on any atom is 0.0589 e. The third-order valence-corrected chi connectivity index (χ3v) is 3.29. The second kappa shape index (κ2) is 15.2. The molecule has 0 spiro atoms. The highest BCUT2D eigenvalue weighted by Gasteiger charge is 2.12. The summed E-state index contributed by atoms with van der Waals surface area (Å²) in [6.45, 7) is 11.6. The molecule has 1 unspecified atom stereocenters. The van der Waals surface area contributed by atoms with E-state index in [2.05, 4.69) is 17.1 Å². The lowest BCUT2D eigenvalue weighted by molar-refractivity contribution is 0.109. The van der Waals surface area contributed by atoms with Gasteiger partial charge >= 0.3 is 0 Å². The van der Waals surface area contributed by atoms with Crippen molar-refractivity contribution in [3.63, 3.8) is 0 Å². The number of ether oxygens (including phenoxy) is 3. The van der Waals surface area contributed by atoms with Crippen LogP contribution in [0, 0.1) is 0 Å². The minimum absolute atomic E-state index is 0.508. The van der Waals surface area contributed by atoms with Crippen LogP contribution in [0.1, 0.15) is 26.7 Å². The van der Waals surface area contributed by atoms with Gasteiger partial charge in [-0.25, -0.2) is 0 Å². The summed E-state index contributed by atoms with van der Waals surface area (Å²) in [4.78, 5) is 2.46. The molecular formula is C15H34N2O3. The van der Waals surface area contributed by atoms with Crippen molar-refractivity contribution in [2.75, 3.05) is 66.8 Å². The van der Waals surface area contributed by atoms with Crippen molar-refractivity contribution in [1.29, 1.82) is 0 Å². The molecule has 0 aromatic rings. The monoisotopic (exact) mass is 290 g/mol. The van der Waals surface area contributed by atoms with Crippen LogP contribution >= 0.6 is 0 Å². The summed E-state index contributed by atoms with van der Waals surface area (Å²) in [5.41, 5.74) is 0. The zero-order valence-electron chi connectivity index (χ0n) is 13.8. The average Bonchev–Trinajstić information content (AvgIpc) is 2.46. The molecule has 122 valence electrons. The summed E-state index contributed by atoms with van der Waals surface area (Å²) in [5, 5.41) is 3.50. The Labute approximate surface area is 124 Å². The number of rotatable bonds is 15. The van der Waals surface area contributed by atoms with Crippen LogP contribution in [0.2, 0.25) is 0 Å². The minimum atomic E-state index is 0.508. The van der Waals surface area contributed by atoms with E-state index < -0.39 is 0 Å². The van der Waals surface area contributed by atoms with Crippen LogP contribution in [0.3, 0.4) is 0 Å². The predicted molar refractivity (Wildman–Crippen MR) is 83.4 cm³/mol. The summed E-state index contributed by atoms with van der Waals surface area (Å²) in [6, 6.07) is 0.508. The Balaban J connectivity index is 3.77. The number of hydrogen-bond acceptors (Lipinski definition) is 5. The Morgan fingerprint density at radius 2 is 1.75 bits per heavy atom. The van der Waals surface area contributed by atoms with Crippen LogP contribution in [-0.4, -0.2) is 77.8 Å². The fraction of sp³-hybridized carbons (Fsp3) is 1.00. The van der Waals surface area contributed by atoms with Crippen LogP contribution in [0.15, 0.2) is 0 Å². The number of methoxy groups -OCH3 is 2. The van der Waals surface area contributed by atoms with E-state index in [0.717, 1.165) is 65.4 Å². The van der Waals surface area contributed by atoms with Crippen molar-refractivity contribution in [3.05, 3.63) is 0 Å². The Kier molecular flexibility index (Phi) is 15.0. The van der Waals surface area contributed by atoms with Crippen LogP contribution in [-0.2, 0) is 14.2 Å². The van der Waals surface area contributed by atoms with Crippen molar-refractivity contribution in [1.82, 2.24) is 10.2 Å². The maximum atomic E-state index is 5.33. The molecule has 1 N–H and O–H groups in total. The molecule has 0 amide bonds. The third-order valence-electron chi connectivity index (χ3n) is 3.29. The van der Waals surface area contributed by atoms with Gasteiger partial charge < -0.3 is 19.5 Å². The molecule has 5 nitrogen and oxygen atoms in total. The summed E-state index contributed by atoms with van der Waals surface area (Å²) >= 11 is 0. The van der Waals surface area contributed by atoms with Crippen molar-refractivity contribution in [2.45, 2.75) is 32.7 Å². The van der Waals surface area contributed by atoms with Crippen LogP contribution < -0.4 is 5.32 Å². The molecular weight excluding hydrogens is 256 g/mol. The standard InChI is InChI=1S/C15H34N2O3/c1-5-20-12-6-8-16-14-15(2)17(10-13-19-4)9-7-11-18-3/h15-16H,5-14H2,1-4H3. The Morgan fingerprint density at radius 3 is 2.40 bits per heavy atom. The lowest BCUT2D eigenvalue weighted by Gasteiger charge is -2.29. The van der Waals surface area contributed by atoms with Gasteiger partial charge in [0.15, 0.2) is 0 Å². The van der Waals surface area contributed by atoms with Gasteiger partial charge in [-0.2, -0.15) is 0 Å². The van der Waals surface area contributed by atoms with Gasteiger partial charge in [-0.15, -0.1) is 0 Å². The number of nitrogens with one attached hydrogen (secondary N) is 1. The summed E-state index contributed by atoms with van der Waals surface area (Å²) in [6.07, 6.45) is 2.14. The van der Waals surface area contributed by atoms with Gasteiger partial charge in [-0.1, -0.05) is 0 Å². The van der Waals surface area contributed by atoms with E-state index in [9.17, 15) is 0 Å². The van der Waals surface area contributed by atoms with Gasteiger partial charge in [0.1, 0.15) is 0 Å². The highest BCUT2D eigenvalue weighted by atomic mass is 16.5. The first-order chi connectivity index (χ1) is 9.76. The molecule has 0 heterocycles. The molecule has 1 atom stereocenters. The molecule has 20 heavy (non-hydrogen) atoms. The molecule has 0 aromatic heterocycles. The molecule has 0 saturated heterocycles. The highest BCUT2D eigenvalue weighted by molar-refractivity contribution is 4.70. The molecule has 5 heteroatoms. The van der Waals surface area contributed by atoms with Crippen molar-refractivity contribution in [3.8, 4) is 0 Å². The molecule has 0 aliphatic rings. The van der Waals surface area contributed by atoms with E-state index in [1.165, 1.54) is 0 Å². The zero-order chi connectivity index (χ0) is 15.1. The van der Waals surface area contributed by atoms with Gasteiger partial charge in [-0.05, 0) is 33.2 Å². The molecule has 0 aromatic carbocycles. The molecule has 0 radical (unpaired) electrons. The van der Waals surface area contributed by atoms with Gasteiger partial charge in [0.25, 0.3) is 0 Å². The number of hydrogen-bond donors (Lipinski definition) is 1. The largest absolute Gasteiger partial charge is 0.385 e. The first-order valence-corrected chi connectivity index (χ1v) is 7.76. The second-order valence-electron chi connectivity index (χ2n) is 4.98. The Hall–Kier alpha value is -0.200. The fourth-order valence-corrected chi connectivity index (χ4v) is 2.06. The second-order valence-corrected chi connectivity index (χ2v) is 4.98. The molecule has 0 fully saturated rings. The SMILES string of the molecule is CCOCCCNCC(C)N(CCCOC)CCOC. The topological polar surface area (TPSA) is 43.0 Å². The van der Waals surface area contributed by atoms with E-state index in [4.69, 9.17) is 14.2 Å². The maximum absolute atomic E-state index is 5.33. The lowest BCUT2D eigenvalue weighted by Crippen LogP contribution is -2.43. The Bertz CT molecular complexity index is 194. The lowest BCUT2D eigenvalue weighted by atomic mass is 10.2. The van der Waals surface area contributed by atoms with Crippen molar-refractivity contribution in [2.24, 2.45) is 0 Å². The van der Waals surface area contributed by atoms with Crippen molar-refractivity contribution < 1.29 is 14.2 Å². The fourth-order valence-electron chi connectivity index (χ4n) is 2.06. The van der Waals surface area contributed by atoms with E-state index in [0.29, 0.717) is 6.04 Å². The smallest absolute Gasteiger partial charge is 0.0589 e. The van der Waals surface area contributed by atoms with Crippen molar-refractivity contribution >= 4 is 0 Å². The van der Waals surface area contributed by atoms with Gasteiger partial charge in [-0.3, -0.25) is 4.90 Å². The molecule has 0 bridgehead atoms. The van der Waals surface area contributed by atoms with Gasteiger partial charge in [0.05, 0.1) is 6.61 Å². The highest BCUT2D eigenvalue weighted by Crippen LogP contribution is 2.00. The van der Waals surface area contributed by atoms with Crippen LogP contribution in [0.25, 0.3) is 0 Å². The quantitative estimate of drug-likeness (QED) is 0.462.